The van der Waals surface area contributed by atoms with Gasteiger partial charge < -0.3 is 19.3 Å². The van der Waals surface area contributed by atoms with Gasteiger partial charge in [0.25, 0.3) is 0 Å². The van der Waals surface area contributed by atoms with Crippen molar-refractivity contribution >= 4 is 12.0 Å². The molecular weight excluding hydrogens is 476 g/mol. The molecule has 1 rings (SSSR count). The number of rotatable bonds is 26. The molecule has 0 fully saturated rings. The van der Waals surface area contributed by atoms with Crippen molar-refractivity contribution in [1.29, 1.82) is 0 Å². The summed E-state index contributed by atoms with van der Waals surface area (Å²) in [4.78, 5) is 11.1. The van der Waals surface area contributed by atoms with E-state index in [1.165, 1.54) is 77.0 Å². The van der Waals surface area contributed by atoms with E-state index in [4.69, 9.17) is 19.3 Å². The number of benzene rings is 1. The second-order valence-corrected chi connectivity index (χ2v) is 10.4. The van der Waals surface area contributed by atoms with Gasteiger partial charge >= 0.3 is 5.97 Å². The molecule has 0 unspecified atom stereocenters. The molecule has 5 heteroatoms. The standard InChI is InChI=1S/C33H56O5/c1-4-7-10-13-16-19-24-36-30-27-29(22-23-32(34)35)28-31(37-25-20-17-14-11-8-5-2)33(30)38-26-21-18-15-12-9-6-3/h22-23,27-28H,4-21,24-26H2,1-3H3,(H,34,35)/b23-22+. The van der Waals surface area contributed by atoms with Crippen LogP contribution >= 0.6 is 0 Å². The van der Waals surface area contributed by atoms with E-state index >= 15 is 0 Å². The lowest BCUT2D eigenvalue weighted by Gasteiger charge is -2.18. The summed E-state index contributed by atoms with van der Waals surface area (Å²) in [6, 6.07) is 3.76. The fourth-order valence-electron chi connectivity index (χ4n) is 4.40. The predicted octanol–water partition coefficient (Wildman–Crippen LogP) is 10.0. The summed E-state index contributed by atoms with van der Waals surface area (Å²) in [6.45, 7) is 8.54. The molecule has 0 atom stereocenters. The lowest BCUT2D eigenvalue weighted by Crippen LogP contribution is -2.07. The molecule has 0 aliphatic heterocycles. The molecule has 0 spiro atoms. The highest BCUT2D eigenvalue weighted by atomic mass is 16.5. The zero-order chi connectivity index (χ0) is 27.7. The molecule has 0 bridgehead atoms. The highest BCUT2D eigenvalue weighted by molar-refractivity contribution is 5.85. The Hall–Kier alpha value is -2.17. The topological polar surface area (TPSA) is 65.0 Å². The van der Waals surface area contributed by atoms with Gasteiger partial charge in [0.2, 0.25) is 5.75 Å². The van der Waals surface area contributed by atoms with Gasteiger partial charge in [-0.05, 0) is 43.0 Å². The average molecular weight is 533 g/mol. The molecule has 0 aliphatic carbocycles. The number of carboxylic acids is 1. The van der Waals surface area contributed by atoms with Crippen LogP contribution in [0.1, 0.15) is 142 Å². The Kier molecular flexibility index (Phi) is 21.3. The summed E-state index contributed by atoms with van der Waals surface area (Å²) in [7, 11) is 0. The summed E-state index contributed by atoms with van der Waals surface area (Å²) in [5, 5.41) is 9.14. The molecule has 1 aromatic carbocycles. The lowest BCUT2D eigenvalue weighted by molar-refractivity contribution is -0.131. The van der Waals surface area contributed by atoms with E-state index in [1.807, 2.05) is 12.1 Å². The fraction of sp³-hybridized carbons (Fsp3) is 0.727. The van der Waals surface area contributed by atoms with Crippen LogP contribution in [0, 0.1) is 0 Å². The van der Waals surface area contributed by atoms with Crippen molar-refractivity contribution in [2.45, 2.75) is 136 Å². The lowest BCUT2D eigenvalue weighted by atomic mass is 10.1. The van der Waals surface area contributed by atoms with Gasteiger partial charge in [-0.25, -0.2) is 4.79 Å². The number of hydrogen-bond acceptors (Lipinski definition) is 4. The molecule has 0 saturated carbocycles. The van der Waals surface area contributed by atoms with E-state index in [2.05, 4.69) is 20.8 Å². The molecule has 1 N–H and O–H groups in total. The molecule has 38 heavy (non-hydrogen) atoms. The predicted molar refractivity (Wildman–Crippen MR) is 160 cm³/mol. The summed E-state index contributed by atoms with van der Waals surface area (Å²) < 4.78 is 18.7. The summed E-state index contributed by atoms with van der Waals surface area (Å²) >= 11 is 0. The third-order valence-electron chi connectivity index (χ3n) is 6.72. The van der Waals surface area contributed by atoms with Crippen molar-refractivity contribution in [1.82, 2.24) is 0 Å². The zero-order valence-electron chi connectivity index (χ0n) is 24.7. The first-order valence-corrected chi connectivity index (χ1v) is 15.6. The maximum atomic E-state index is 11.1. The number of carboxylic acid groups (broad SMARTS) is 1. The van der Waals surface area contributed by atoms with Crippen molar-refractivity contribution in [2.24, 2.45) is 0 Å². The second-order valence-electron chi connectivity index (χ2n) is 10.4. The van der Waals surface area contributed by atoms with Crippen molar-refractivity contribution in [3.05, 3.63) is 23.8 Å². The molecule has 5 nitrogen and oxygen atoms in total. The van der Waals surface area contributed by atoms with Crippen LogP contribution in [-0.4, -0.2) is 30.9 Å². The minimum atomic E-state index is -0.975. The SMILES string of the molecule is CCCCCCCCOc1cc(/C=C/C(=O)O)cc(OCCCCCCCC)c1OCCCCCCCC. The molecule has 0 amide bonds. The van der Waals surface area contributed by atoms with Crippen molar-refractivity contribution in [3.63, 3.8) is 0 Å². The van der Waals surface area contributed by atoms with E-state index in [9.17, 15) is 4.79 Å². The highest BCUT2D eigenvalue weighted by Gasteiger charge is 2.16. The molecule has 1 aromatic rings. The van der Waals surface area contributed by atoms with Gasteiger partial charge in [-0.1, -0.05) is 117 Å². The van der Waals surface area contributed by atoms with Crippen molar-refractivity contribution in [3.8, 4) is 17.2 Å². The summed E-state index contributed by atoms with van der Waals surface area (Å²) in [5.74, 6) is 0.977. The monoisotopic (exact) mass is 532 g/mol. The van der Waals surface area contributed by atoms with Crippen LogP contribution in [0.4, 0.5) is 0 Å². The Morgan fingerprint density at radius 3 is 1.37 bits per heavy atom. The van der Waals surface area contributed by atoms with Crippen LogP contribution < -0.4 is 14.2 Å². The van der Waals surface area contributed by atoms with E-state index in [-0.39, 0.29) is 0 Å². The van der Waals surface area contributed by atoms with E-state index in [0.717, 1.165) is 50.2 Å². The summed E-state index contributed by atoms with van der Waals surface area (Å²) in [6.07, 6.45) is 24.3. The first-order chi connectivity index (χ1) is 18.6. The third-order valence-corrected chi connectivity index (χ3v) is 6.72. The van der Waals surface area contributed by atoms with E-state index in [1.54, 1.807) is 6.08 Å². The Morgan fingerprint density at radius 2 is 0.974 bits per heavy atom. The minimum Gasteiger partial charge on any atom is -0.490 e. The van der Waals surface area contributed by atoms with E-state index in [0.29, 0.717) is 37.1 Å². The average Bonchev–Trinajstić information content (AvgIpc) is 2.91. The van der Waals surface area contributed by atoms with Crippen LogP contribution in [-0.2, 0) is 4.79 Å². The van der Waals surface area contributed by atoms with Gasteiger partial charge in [-0.15, -0.1) is 0 Å². The number of aliphatic carboxylic acids is 1. The Labute approximate surface area is 233 Å². The molecule has 218 valence electrons. The molecule has 0 saturated heterocycles. The zero-order valence-corrected chi connectivity index (χ0v) is 24.7. The number of unbranched alkanes of at least 4 members (excludes halogenated alkanes) is 15. The quantitative estimate of drug-likeness (QED) is 0.0949. The second kappa shape index (κ2) is 23.9. The largest absolute Gasteiger partial charge is 0.490 e. The van der Waals surface area contributed by atoms with Gasteiger partial charge in [0.05, 0.1) is 19.8 Å². The molecular formula is C33H56O5. The van der Waals surface area contributed by atoms with Crippen molar-refractivity contribution in [2.75, 3.05) is 19.8 Å². The normalized spacial score (nSPS) is 11.2. The fourth-order valence-corrected chi connectivity index (χ4v) is 4.40. The first kappa shape index (κ1) is 33.9. The van der Waals surface area contributed by atoms with Gasteiger partial charge in [0.15, 0.2) is 11.5 Å². The van der Waals surface area contributed by atoms with E-state index < -0.39 is 5.97 Å². The van der Waals surface area contributed by atoms with Crippen LogP contribution in [0.2, 0.25) is 0 Å². The smallest absolute Gasteiger partial charge is 0.328 e. The molecule has 0 radical (unpaired) electrons. The Balaban J connectivity index is 2.90. The van der Waals surface area contributed by atoms with Crippen LogP contribution in [0.15, 0.2) is 18.2 Å². The minimum absolute atomic E-state index is 0.614. The highest BCUT2D eigenvalue weighted by Crippen LogP contribution is 2.40. The molecule has 0 heterocycles. The molecule has 0 aromatic heterocycles. The maximum absolute atomic E-state index is 11.1. The molecule has 0 aliphatic rings. The Bertz CT molecular complexity index is 704. The third kappa shape index (κ3) is 17.4. The van der Waals surface area contributed by atoms with Crippen molar-refractivity contribution < 1.29 is 24.1 Å². The maximum Gasteiger partial charge on any atom is 0.328 e. The van der Waals surface area contributed by atoms with Gasteiger partial charge in [-0.3, -0.25) is 0 Å². The van der Waals surface area contributed by atoms with Gasteiger partial charge in [-0.2, -0.15) is 0 Å². The number of ether oxygens (including phenoxy) is 3. The summed E-state index contributed by atoms with van der Waals surface area (Å²) in [5.41, 5.74) is 0.746. The Morgan fingerprint density at radius 1 is 0.605 bits per heavy atom. The van der Waals surface area contributed by atoms with Crippen LogP contribution in [0.3, 0.4) is 0 Å². The van der Waals surface area contributed by atoms with Crippen LogP contribution in [0.5, 0.6) is 17.2 Å². The number of carbonyl (C=O) groups is 1. The van der Waals surface area contributed by atoms with Gasteiger partial charge in [0, 0.05) is 6.08 Å². The number of hydrogen-bond donors (Lipinski definition) is 1. The first-order valence-electron chi connectivity index (χ1n) is 15.6. The van der Waals surface area contributed by atoms with Gasteiger partial charge in [0.1, 0.15) is 0 Å². The van der Waals surface area contributed by atoms with Crippen LogP contribution in [0.25, 0.3) is 6.08 Å².